The lowest BCUT2D eigenvalue weighted by atomic mass is 9.99. The molecular weight excluding hydrogens is 274 g/mol. The number of nitrogens with zero attached hydrogens (tertiary/aromatic N) is 5. The van der Waals surface area contributed by atoms with Gasteiger partial charge in [-0.25, -0.2) is 9.97 Å². The van der Waals surface area contributed by atoms with Gasteiger partial charge in [0.15, 0.2) is 0 Å². The minimum Gasteiger partial charge on any atom is -0.304 e. The first kappa shape index (κ1) is 15.4. The van der Waals surface area contributed by atoms with E-state index < -0.39 is 0 Å². The third-order valence-electron chi connectivity index (χ3n) is 4.73. The standard InChI is InChI=1S/C17H27N5/c1-12(2)16-11-20(5)6-7-21(16)10-15-9-18-17-19-13(3)8-14(4)22(15)17/h8-9,12,16H,6-7,10-11H2,1-5H3/t16-/m0/s1. The molecule has 1 aliphatic heterocycles. The van der Waals surface area contributed by atoms with Gasteiger partial charge in [0.05, 0.1) is 11.9 Å². The fourth-order valence-corrected chi connectivity index (χ4v) is 3.54. The summed E-state index contributed by atoms with van der Waals surface area (Å²) in [6.07, 6.45) is 1.99. The molecule has 5 nitrogen and oxygen atoms in total. The Kier molecular flexibility index (Phi) is 4.19. The molecule has 22 heavy (non-hydrogen) atoms. The van der Waals surface area contributed by atoms with Crippen molar-refractivity contribution in [3.8, 4) is 0 Å². The lowest BCUT2D eigenvalue weighted by molar-refractivity contribution is 0.0559. The van der Waals surface area contributed by atoms with E-state index in [0.29, 0.717) is 12.0 Å². The number of rotatable bonds is 3. The Morgan fingerprint density at radius 3 is 2.77 bits per heavy atom. The third-order valence-corrected chi connectivity index (χ3v) is 4.73. The van der Waals surface area contributed by atoms with Gasteiger partial charge in [-0.05, 0) is 32.9 Å². The SMILES string of the molecule is Cc1cc(C)n2c(CN3CCN(C)C[C@H]3C(C)C)cnc2n1. The Morgan fingerprint density at radius 1 is 1.27 bits per heavy atom. The van der Waals surface area contributed by atoms with Crippen LogP contribution in [0.5, 0.6) is 0 Å². The largest absolute Gasteiger partial charge is 0.304 e. The van der Waals surface area contributed by atoms with Crippen molar-refractivity contribution >= 4 is 5.78 Å². The molecule has 0 radical (unpaired) electrons. The normalized spacial score (nSPS) is 21.1. The summed E-state index contributed by atoms with van der Waals surface area (Å²) in [7, 11) is 2.22. The van der Waals surface area contributed by atoms with Crippen LogP contribution in [0.15, 0.2) is 12.3 Å². The highest BCUT2D eigenvalue weighted by Gasteiger charge is 2.28. The molecule has 1 atom stereocenters. The van der Waals surface area contributed by atoms with Gasteiger partial charge in [0.2, 0.25) is 5.78 Å². The van der Waals surface area contributed by atoms with Crippen molar-refractivity contribution in [2.45, 2.75) is 40.3 Å². The number of aryl methyl sites for hydroxylation is 2. The zero-order valence-corrected chi connectivity index (χ0v) is 14.4. The van der Waals surface area contributed by atoms with Crippen molar-refractivity contribution in [1.82, 2.24) is 24.2 Å². The third kappa shape index (κ3) is 2.88. The molecule has 0 saturated carbocycles. The van der Waals surface area contributed by atoms with Crippen LogP contribution in [-0.2, 0) is 6.54 Å². The van der Waals surface area contributed by atoms with Gasteiger partial charge in [-0.15, -0.1) is 0 Å². The van der Waals surface area contributed by atoms with E-state index >= 15 is 0 Å². The predicted molar refractivity (Wildman–Crippen MR) is 89.0 cm³/mol. The molecule has 3 rings (SSSR count). The summed E-state index contributed by atoms with van der Waals surface area (Å²) in [6, 6.07) is 2.73. The van der Waals surface area contributed by atoms with E-state index in [2.05, 4.69) is 58.1 Å². The van der Waals surface area contributed by atoms with E-state index in [9.17, 15) is 0 Å². The van der Waals surface area contributed by atoms with E-state index in [0.717, 1.165) is 37.7 Å². The second kappa shape index (κ2) is 5.97. The van der Waals surface area contributed by atoms with Crippen LogP contribution < -0.4 is 0 Å². The van der Waals surface area contributed by atoms with Gasteiger partial charge < -0.3 is 4.90 Å². The summed E-state index contributed by atoms with van der Waals surface area (Å²) in [4.78, 5) is 14.1. The maximum absolute atomic E-state index is 4.54. The van der Waals surface area contributed by atoms with E-state index in [4.69, 9.17) is 0 Å². The lowest BCUT2D eigenvalue weighted by Gasteiger charge is -2.42. The maximum atomic E-state index is 4.54. The minimum absolute atomic E-state index is 0.600. The summed E-state index contributed by atoms with van der Waals surface area (Å²) in [5, 5.41) is 0. The molecule has 0 aromatic carbocycles. The van der Waals surface area contributed by atoms with Gasteiger partial charge in [-0.3, -0.25) is 9.30 Å². The average Bonchev–Trinajstić information content (AvgIpc) is 2.83. The molecule has 2 aromatic rings. The number of likely N-dealkylation sites (N-methyl/N-ethyl adjacent to an activating group) is 1. The molecule has 0 N–H and O–H groups in total. The first-order valence-electron chi connectivity index (χ1n) is 8.19. The second-order valence-corrected chi connectivity index (χ2v) is 6.97. The van der Waals surface area contributed by atoms with Gasteiger partial charge in [0, 0.05) is 43.6 Å². The highest BCUT2D eigenvalue weighted by molar-refractivity contribution is 5.35. The van der Waals surface area contributed by atoms with Gasteiger partial charge in [-0.1, -0.05) is 13.8 Å². The fourth-order valence-electron chi connectivity index (χ4n) is 3.54. The summed E-state index contributed by atoms with van der Waals surface area (Å²) >= 11 is 0. The van der Waals surface area contributed by atoms with Crippen molar-refractivity contribution in [2.24, 2.45) is 5.92 Å². The Bertz CT molecular complexity index is 660. The number of hydrogen-bond acceptors (Lipinski definition) is 4. The molecule has 3 heterocycles. The van der Waals surface area contributed by atoms with Crippen LogP contribution in [-0.4, -0.2) is 56.9 Å². The van der Waals surface area contributed by atoms with Crippen LogP contribution in [0.3, 0.4) is 0 Å². The molecule has 1 fully saturated rings. The van der Waals surface area contributed by atoms with E-state index in [1.807, 2.05) is 13.1 Å². The van der Waals surface area contributed by atoms with Crippen molar-refractivity contribution in [3.05, 3.63) is 29.3 Å². The van der Waals surface area contributed by atoms with E-state index in [1.54, 1.807) is 0 Å². The lowest BCUT2D eigenvalue weighted by Crippen LogP contribution is -2.53. The highest BCUT2D eigenvalue weighted by atomic mass is 15.3. The van der Waals surface area contributed by atoms with Crippen molar-refractivity contribution < 1.29 is 0 Å². The minimum atomic E-state index is 0.600. The Hall–Kier alpha value is -1.46. The molecule has 1 saturated heterocycles. The Morgan fingerprint density at radius 2 is 2.05 bits per heavy atom. The molecule has 0 unspecified atom stereocenters. The predicted octanol–water partition coefficient (Wildman–Crippen LogP) is 2.12. The van der Waals surface area contributed by atoms with Gasteiger partial charge >= 0.3 is 0 Å². The van der Waals surface area contributed by atoms with Crippen molar-refractivity contribution in [1.29, 1.82) is 0 Å². The van der Waals surface area contributed by atoms with Gasteiger partial charge in [0.1, 0.15) is 0 Å². The number of hydrogen-bond donors (Lipinski definition) is 0. The van der Waals surface area contributed by atoms with E-state index in [1.165, 1.54) is 11.4 Å². The molecule has 2 aromatic heterocycles. The zero-order chi connectivity index (χ0) is 15.9. The van der Waals surface area contributed by atoms with Gasteiger partial charge in [0.25, 0.3) is 0 Å². The van der Waals surface area contributed by atoms with Crippen LogP contribution >= 0.6 is 0 Å². The molecule has 0 spiro atoms. The van der Waals surface area contributed by atoms with Crippen LogP contribution in [0.25, 0.3) is 5.78 Å². The maximum Gasteiger partial charge on any atom is 0.234 e. The second-order valence-electron chi connectivity index (χ2n) is 6.97. The van der Waals surface area contributed by atoms with Crippen molar-refractivity contribution in [2.75, 3.05) is 26.7 Å². The highest BCUT2D eigenvalue weighted by Crippen LogP contribution is 2.20. The summed E-state index contributed by atoms with van der Waals surface area (Å²) < 4.78 is 2.20. The molecule has 120 valence electrons. The van der Waals surface area contributed by atoms with E-state index in [-0.39, 0.29) is 0 Å². The summed E-state index contributed by atoms with van der Waals surface area (Å²) in [6.45, 7) is 13.1. The molecule has 0 aliphatic carbocycles. The number of imidazole rings is 1. The topological polar surface area (TPSA) is 36.7 Å². The number of piperazine rings is 1. The molecule has 0 amide bonds. The average molecular weight is 301 g/mol. The molecular formula is C17H27N5. The van der Waals surface area contributed by atoms with Crippen LogP contribution in [0.1, 0.15) is 30.9 Å². The quantitative estimate of drug-likeness (QED) is 0.870. The van der Waals surface area contributed by atoms with Crippen LogP contribution in [0.4, 0.5) is 0 Å². The summed E-state index contributed by atoms with van der Waals surface area (Å²) in [5.41, 5.74) is 3.49. The van der Waals surface area contributed by atoms with Crippen LogP contribution in [0, 0.1) is 19.8 Å². The summed E-state index contributed by atoms with van der Waals surface area (Å²) in [5.74, 6) is 1.48. The fraction of sp³-hybridized carbons (Fsp3) is 0.647. The number of fused-ring (bicyclic) bond motifs is 1. The Balaban J connectivity index is 1.89. The zero-order valence-electron chi connectivity index (χ0n) is 14.4. The smallest absolute Gasteiger partial charge is 0.234 e. The first-order chi connectivity index (χ1) is 10.5. The van der Waals surface area contributed by atoms with Crippen molar-refractivity contribution in [3.63, 3.8) is 0 Å². The van der Waals surface area contributed by atoms with Crippen LogP contribution in [0.2, 0.25) is 0 Å². The Labute approximate surface area is 133 Å². The monoisotopic (exact) mass is 301 g/mol. The first-order valence-corrected chi connectivity index (χ1v) is 8.19. The molecule has 0 bridgehead atoms. The number of aromatic nitrogens is 3. The molecule has 5 heteroatoms. The van der Waals surface area contributed by atoms with Gasteiger partial charge in [-0.2, -0.15) is 0 Å². The molecule has 1 aliphatic rings.